The number of oxazole rings is 1. The van der Waals surface area contributed by atoms with Crippen LogP contribution in [0.3, 0.4) is 0 Å². The number of aromatic nitrogens is 3. The van der Waals surface area contributed by atoms with Gasteiger partial charge in [-0.1, -0.05) is 33.1 Å². The first kappa shape index (κ1) is 28.3. The van der Waals surface area contributed by atoms with Gasteiger partial charge in [-0.2, -0.15) is 0 Å². The van der Waals surface area contributed by atoms with Crippen LogP contribution in [0.5, 0.6) is 5.75 Å². The zero-order valence-corrected chi connectivity index (χ0v) is 24.1. The molecule has 8 nitrogen and oxygen atoms in total. The third-order valence-electron chi connectivity index (χ3n) is 8.67. The van der Waals surface area contributed by atoms with E-state index in [2.05, 4.69) is 24.1 Å². The summed E-state index contributed by atoms with van der Waals surface area (Å²) < 4.78 is 11.1. The van der Waals surface area contributed by atoms with Crippen LogP contribution in [0.25, 0.3) is 11.3 Å². The minimum atomic E-state index is -0.569. The largest absolute Gasteiger partial charge is 0.495 e. The van der Waals surface area contributed by atoms with Crippen molar-refractivity contribution in [3.05, 3.63) is 59.7 Å². The van der Waals surface area contributed by atoms with E-state index in [9.17, 15) is 9.90 Å². The number of aliphatic hydroxyl groups excluding tert-OH is 1. The third-order valence-corrected chi connectivity index (χ3v) is 8.67. The first-order valence-corrected chi connectivity index (χ1v) is 14.8. The molecule has 1 amide bonds. The highest BCUT2D eigenvalue weighted by molar-refractivity contribution is 5.79. The number of carbonyl (C=O) groups is 1. The topological polar surface area (TPSA) is 110 Å². The average molecular weight is 547 g/mol. The fraction of sp³-hybridized carbons (Fsp3) is 0.562. The minimum Gasteiger partial charge on any atom is -0.495 e. The van der Waals surface area contributed by atoms with Crippen LogP contribution >= 0.6 is 0 Å². The Hall–Kier alpha value is -3.26. The molecule has 4 atom stereocenters. The summed E-state index contributed by atoms with van der Waals surface area (Å²) in [5, 5.41) is 14.7. The number of aryl methyl sites for hydroxylation is 1. The average Bonchev–Trinajstić information content (AvgIpc) is 3.47. The van der Waals surface area contributed by atoms with Gasteiger partial charge in [0.2, 0.25) is 5.91 Å². The van der Waals surface area contributed by atoms with Crippen molar-refractivity contribution in [2.24, 2.45) is 11.8 Å². The van der Waals surface area contributed by atoms with Gasteiger partial charge in [-0.3, -0.25) is 14.8 Å². The Balaban J connectivity index is 1.40. The van der Waals surface area contributed by atoms with Crippen molar-refractivity contribution < 1.29 is 19.1 Å². The van der Waals surface area contributed by atoms with Crippen molar-refractivity contribution >= 4 is 5.91 Å². The van der Waals surface area contributed by atoms with E-state index in [1.165, 1.54) is 6.42 Å². The third kappa shape index (κ3) is 6.22. The molecular formula is C32H42N4O4. The summed E-state index contributed by atoms with van der Waals surface area (Å²) in [6.45, 7) is 6.03. The van der Waals surface area contributed by atoms with Crippen molar-refractivity contribution in [3.63, 3.8) is 0 Å². The maximum atomic E-state index is 13.5. The second kappa shape index (κ2) is 12.5. The number of rotatable bonds is 8. The van der Waals surface area contributed by atoms with Gasteiger partial charge in [0.05, 0.1) is 30.6 Å². The molecule has 2 N–H and O–H groups in total. The molecule has 5 rings (SSSR count). The van der Waals surface area contributed by atoms with Crippen LogP contribution in [0.2, 0.25) is 0 Å². The van der Waals surface area contributed by atoms with E-state index in [-0.39, 0.29) is 35.6 Å². The predicted molar refractivity (Wildman–Crippen MR) is 153 cm³/mol. The Kier molecular flexibility index (Phi) is 8.84. The zero-order chi connectivity index (χ0) is 28.2. The van der Waals surface area contributed by atoms with Crippen molar-refractivity contribution in [1.29, 1.82) is 0 Å². The molecule has 2 fully saturated rings. The van der Waals surface area contributed by atoms with Crippen LogP contribution in [0.15, 0.2) is 41.1 Å². The molecule has 3 aromatic heterocycles. The lowest BCUT2D eigenvalue weighted by molar-refractivity contribution is -0.127. The summed E-state index contributed by atoms with van der Waals surface area (Å²) >= 11 is 0. The number of ether oxygens (including phenoxy) is 1. The molecule has 0 aliphatic heterocycles. The molecular weight excluding hydrogens is 504 g/mol. The standard InChI is InChI=1S/C32H42N4O4/c1-19(2)32-35-27(18-40-32)22-14-15-33-26(16-22)30(36-31(38)21-8-6-5-7-9-21)23-10-11-24(28(37)17-23)25-12-13-29(39-4)20(3)34-25/h12-16,18-19,21,23-24,28,30,37H,5-11,17H2,1-4H3,(H,36,38). The van der Waals surface area contributed by atoms with Crippen LogP contribution in [0.4, 0.5) is 0 Å². The lowest BCUT2D eigenvalue weighted by atomic mass is 9.74. The summed E-state index contributed by atoms with van der Waals surface area (Å²) in [6.07, 6.45) is 10.3. The lowest BCUT2D eigenvalue weighted by Crippen LogP contribution is -2.41. The van der Waals surface area contributed by atoms with Crippen LogP contribution in [-0.2, 0) is 4.79 Å². The zero-order valence-electron chi connectivity index (χ0n) is 24.1. The monoisotopic (exact) mass is 546 g/mol. The Morgan fingerprint density at radius 2 is 1.90 bits per heavy atom. The Morgan fingerprint density at radius 3 is 2.58 bits per heavy atom. The van der Waals surface area contributed by atoms with Crippen LogP contribution < -0.4 is 10.1 Å². The summed E-state index contributed by atoms with van der Waals surface area (Å²) in [6, 6.07) is 7.52. The van der Waals surface area contributed by atoms with Gasteiger partial charge in [0.15, 0.2) is 5.89 Å². The van der Waals surface area contributed by atoms with E-state index >= 15 is 0 Å². The number of hydrogen-bond donors (Lipinski definition) is 2. The molecule has 3 heterocycles. The van der Waals surface area contributed by atoms with E-state index < -0.39 is 6.10 Å². The highest BCUT2D eigenvalue weighted by Gasteiger charge is 2.37. The highest BCUT2D eigenvalue weighted by Crippen LogP contribution is 2.42. The molecule has 0 aromatic carbocycles. The number of carbonyl (C=O) groups excluding carboxylic acids is 1. The number of amides is 1. The fourth-order valence-corrected chi connectivity index (χ4v) is 6.35. The summed E-state index contributed by atoms with van der Waals surface area (Å²) in [4.78, 5) is 27.6. The minimum absolute atomic E-state index is 0.0382. The van der Waals surface area contributed by atoms with Crippen LogP contribution in [0.1, 0.15) is 106 Å². The maximum Gasteiger partial charge on any atom is 0.223 e. The number of aliphatic hydroxyl groups is 1. The Labute approximate surface area is 237 Å². The van der Waals surface area contributed by atoms with Crippen LogP contribution in [-0.4, -0.2) is 39.2 Å². The van der Waals surface area contributed by atoms with E-state index in [1.807, 2.05) is 31.2 Å². The molecule has 8 heteroatoms. The smallest absolute Gasteiger partial charge is 0.223 e. The Bertz CT molecular complexity index is 1300. The number of methoxy groups -OCH3 is 1. The second-order valence-electron chi connectivity index (χ2n) is 11.8. The first-order valence-electron chi connectivity index (χ1n) is 14.8. The first-order chi connectivity index (χ1) is 19.3. The van der Waals surface area contributed by atoms with Gasteiger partial charge in [0.1, 0.15) is 17.7 Å². The number of nitrogens with zero attached hydrogens (tertiary/aromatic N) is 3. The Morgan fingerprint density at radius 1 is 1.10 bits per heavy atom. The van der Waals surface area contributed by atoms with Crippen molar-refractivity contribution in [3.8, 4) is 17.0 Å². The molecule has 40 heavy (non-hydrogen) atoms. The second-order valence-corrected chi connectivity index (χ2v) is 11.8. The fourth-order valence-electron chi connectivity index (χ4n) is 6.35. The number of nitrogens with one attached hydrogen (secondary N) is 1. The SMILES string of the molecule is COc1ccc(C2CCC(C(NC(=O)C3CCCCC3)c3cc(-c4coc(C(C)C)n4)ccn3)CC2O)nc1C. The quantitative estimate of drug-likeness (QED) is 0.343. The van der Waals surface area contributed by atoms with E-state index in [4.69, 9.17) is 19.1 Å². The molecule has 0 spiro atoms. The van der Waals surface area contributed by atoms with Crippen molar-refractivity contribution in [2.45, 2.75) is 96.1 Å². The summed E-state index contributed by atoms with van der Waals surface area (Å²) in [5.41, 5.74) is 4.17. The number of hydrogen-bond acceptors (Lipinski definition) is 7. The van der Waals surface area contributed by atoms with Gasteiger partial charge < -0.3 is 19.6 Å². The van der Waals surface area contributed by atoms with E-state index in [1.54, 1.807) is 19.6 Å². The van der Waals surface area contributed by atoms with Gasteiger partial charge in [-0.15, -0.1) is 0 Å². The normalized spacial score (nSPS) is 22.7. The van der Waals surface area contributed by atoms with E-state index in [0.29, 0.717) is 12.3 Å². The molecule has 2 saturated carbocycles. The molecule has 3 aromatic rings. The molecule has 214 valence electrons. The molecule has 0 saturated heterocycles. The lowest BCUT2D eigenvalue weighted by Gasteiger charge is -2.38. The van der Waals surface area contributed by atoms with Gasteiger partial charge in [-0.25, -0.2) is 4.98 Å². The molecule has 0 radical (unpaired) electrons. The van der Waals surface area contributed by atoms with Gasteiger partial charge >= 0.3 is 0 Å². The molecule has 2 aliphatic rings. The molecule has 0 bridgehead atoms. The van der Waals surface area contributed by atoms with Gasteiger partial charge in [0, 0.05) is 35.2 Å². The molecule has 4 unspecified atom stereocenters. The molecule has 2 aliphatic carbocycles. The predicted octanol–water partition coefficient (Wildman–Crippen LogP) is 6.25. The number of pyridine rings is 2. The maximum absolute atomic E-state index is 13.5. The van der Waals surface area contributed by atoms with E-state index in [0.717, 1.165) is 72.6 Å². The van der Waals surface area contributed by atoms with Crippen molar-refractivity contribution in [2.75, 3.05) is 7.11 Å². The summed E-state index contributed by atoms with van der Waals surface area (Å²) in [7, 11) is 1.64. The highest BCUT2D eigenvalue weighted by atomic mass is 16.5. The van der Waals surface area contributed by atoms with Crippen LogP contribution in [0, 0.1) is 18.8 Å². The van der Waals surface area contributed by atoms with Gasteiger partial charge in [-0.05, 0) is 69.2 Å². The van der Waals surface area contributed by atoms with Crippen molar-refractivity contribution in [1.82, 2.24) is 20.3 Å². The van der Waals surface area contributed by atoms with Gasteiger partial charge in [0.25, 0.3) is 0 Å². The summed E-state index contributed by atoms with van der Waals surface area (Å²) in [5.74, 6) is 1.76.